The normalized spacial score (nSPS) is 10.0. The zero-order chi connectivity index (χ0) is 9.52. The molecule has 0 atom stereocenters. The second-order valence-corrected chi connectivity index (χ2v) is 2.61. The molecule has 3 heteroatoms. The van der Waals surface area contributed by atoms with E-state index in [1.54, 1.807) is 0 Å². The van der Waals surface area contributed by atoms with Crippen molar-refractivity contribution in [3.8, 4) is 5.75 Å². The van der Waals surface area contributed by atoms with Crippen LogP contribution in [0.3, 0.4) is 0 Å². The minimum atomic E-state index is 0.296. The molecule has 0 aliphatic heterocycles. The lowest BCUT2D eigenvalue weighted by Gasteiger charge is -2.06. The molecule has 3 nitrogen and oxygen atoms in total. The Kier molecular flexibility index (Phi) is 4.29. The van der Waals surface area contributed by atoms with Crippen LogP contribution in [0.5, 0.6) is 5.75 Å². The third-order valence-electron chi connectivity index (χ3n) is 1.65. The fraction of sp³-hybridized carbons (Fsp3) is 0.400. The molecule has 0 spiro atoms. The van der Waals surface area contributed by atoms with Crippen molar-refractivity contribution < 1.29 is 9.47 Å². The van der Waals surface area contributed by atoms with Crippen molar-refractivity contribution in [2.24, 2.45) is 5.73 Å². The summed E-state index contributed by atoms with van der Waals surface area (Å²) in [6, 6.07) is 7.69. The highest BCUT2D eigenvalue weighted by atomic mass is 16.7. The Morgan fingerprint density at radius 1 is 1.38 bits per heavy atom. The van der Waals surface area contributed by atoms with Crippen LogP contribution in [0.15, 0.2) is 24.3 Å². The van der Waals surface area contributed by atoms with Gasteiger partial charge in [0.1, 0.15) is 5.75 Å². The minimum absolute atomic E-state index is 0.296. The Balaban J connectivity index is 2.46. The first-order valence-electron chi connectivity index (χ1n) is 4.36. The van der Waals surface area contributed by atoms with Gasteiger partial charge in [-0.25, -0.2) is 0 Å². The molecule has 1 aromatic rings. The summed E-state index contributed by atoms with van der Waals surface area (Å²) >= 11 is 0. The molecule has 0 aliphatic carbocycles. The highest BCUT2D eigenvalue weighted by molar-refractivity contribution is 5.28. The first kappa shape index (κ1) is 10.0. The lowest BCUT2D eigenvalue weighted by molar-refractivity contribution is 0.0224. The molecule has 2 N–H and O–H groups in total. The van der Waals surface area contributed by atoms with Gasteiger partial charge in [0, 0.05) is 13.2 Å². The molecular weight excluding hydrogens is 166 g/mol. The summed E-state index contributed by atoms with van der Waals surface area (Å²) in [5.41, 5.74) is 6.55. The van der Waals surface area contributed by atoms with Crippen LogP contribution in [-0.2, 0) is 11.3 Å². The average molecular weight is 181 g/mol. The van der Waals surface area contributed by atoms with Crippen LogP contribution in [0.2, 0.25) is 0 Å². The molecular formula is C10H15NO2. The molecule has 0 aromatic heterocycles. The molecule has 0 fully saturated rings. The van der Waals surface area contributed by atoms with Gasteiger partial charge in [0.2, 0.25) is 0 Å². The molecule has 0 saturated heterocycles. The molecule has 0 bridgehead atoms. The van der Waals surface area contributed by atoms with Crippen molar-refractivity contribution >= 4 is 0 Å². The van der Waals surface area contributed by atoms with Crippen LogP contribution in [0.1, 0.15) is 12.5 Å². The van der Waals surface area contributed by atoms with Gasteiger partial charge in [0.15, 0.2) is 6.79 Å². The second-order valence-electron chi connectivity index (χ2n) is 2.61. The van der Waals surface area contributed by atoms with Gasteiger partial charge in [-0.3, -0.25) is 0 Å². The fourth-order valence-electron chi connectivity index (χ4n) is 0.955. The highest BCUT2D eigenvalue weighted by Crippen LogP contribution is 2.12. The predicted octanol–water partition coefficient (Wildman–Crippen LogP) is 1.52. The largest absolute Gasteiger partial charge is 0.468 e. The van der Waals surface area contributed by atoms with E-state index in [0.717, 1.165) is 11.3 Å². The Hall–Kier alpha value is -1.06. The number of hydrogen-bond acceptors (Lipinski definition) is 3. The van der Waals surface area contributed by atoms with E-state index in [1.165, 1.54) is 0 Å². The monoisotopic (exact) mass is 181 g/mol. The van der Waals surface area contributed by atoms with Crippen LogP contribution in [0.25, 0.3) is 0 Å². The van der Waals surface area contributed by atoms with Crippen LogP contribution in [0.4, 0.5) is 0 Å². The zero-order valence-corrected chi connectivity index (χ0v) is 7.82. The van der Waals surface area contributed by atoms with Crippen molar-refractivity contribution in [2.75, 3.05) is 13.4 Å². The van der Waals surface area contributed by atoms with Gasteiger partial charge >= 0.3 is 0 Å². The lowest BCUT2D eigenvalue weighted by Crippen LogP contribution is -2.03. The predicted molar refractivity (Wildman–Crippen MR) is 51.5 cm³/mol. The van der Waals surface area contributed by atoms with Crippen molar-refractivity contribution in [3.05, 3.63) is 29.8 Å². The van der Waals surface area contributed by atoms with Gasteiger partial charge < -0.3 is 15.2 Å². The van der Waals surface area contributed by atoms with Gasteiger partial charge in [-0.05, 0) is 24.6 Å². The van der Waals surface area contributed by atoms with E-state index >= 15 is 0 Å². The summed E-state index contributed by atoms with van der Waals surface area (Å²) in [6.45, 7) is 3.42. The second kappa shape index (κ2) is 5.56. The number of benzene rings is 1. The maximum atomic E-state index is 5.49. The van der Waals surface area contributed by atoms with Crippen LogP contribution >= 0.6 is 0 Å². The van der Waals surface area contributed by atoms with Crippen LogP contribution < -0.4 is 10.5 Å². The first-order chi connectivity index (χ1) is 6.36. The molecule has 0 heterocycles. The third kappa shape index (κ3) is 3.44. The smallest absolute Gasteiger partial charge is 0.189 e. The standard InChI is InChI=1S/C10H15NO2/c1-2-12-8-13-10-5-3-4-9(6-10)7-11/h3-6H,2,7-8,11H2,1H3. The van der Waals surface area contributed by atoms with Crippen molar-refractivity contribution in [1.82, 2.24) is 0 Å². The summed E-state index contributed by atoms with van der Waals surface area (Å²) in [4.78, 5) is 0. The fourth-order valence-corrected chi connectivity index (χ4v) is 0.955. The van der Waals surface area contributed by atoms with Crippen LogP contribution in [-0.4, -0.2) is 13.4 Å². The number of rotatable bonds is 5. The van der Waals surface area contributed by atoms with E-state index < -0.39 is 0 Å². The van der Waals surface area contributed by atoms with Crippen LogP contribution in [0, 0.1) is 0 Å². The first-order valence-corrected chi connectivity index (χ1v) is 4.36. The Bertz CT molecular complexity index is 250. The summed E-state index contributed by atoms with van der Waals surface area (Å²) in [6.07, 6.45) is 0. The Morgan fingerprint density at radius 3 is 2.92 bits per heavy atom. The minimum Gasteiger partial charge on any atom is -0.468 e. The third-order valence-corrected chi connectivity index (χ3v) is 1.65. The van der Waals surface area contributed by atoms with E-state index in [9.17, 15) is 0 Å². The molecule has 13 heavy (non-hydrogen) atoms. The van der Waals surface area contributed by atoms with Gasteiger partial charge in [-0.1, -0.05) is 12.1 Å². The maximum absolute atomic E-state index is 5.49. The highest BCUT2D eigenvalue weighted by Gasteiger charge is 1.94. The molecule has 0 aliphatic rings. The van der Waals surface area contributed by atoms with E-state index in [0.29, 0.717) is 19.9 Å². The van der Waals surface area contributed by atoms with E-state index in [2.05, 4.69) is 0 Å². The summed E-state index contributed by atoms with van der Waals surface area (Å²) in [5, 5.41) is 0. The summed E-state index contributed by atoms with van der Waals surface area (Å²) < 4.78 is 10.4. The maximum Gasteiger partial charge on any atom is 0.189 e. The summed E-state index contributed by atoms with van der Waals surface area (Å²) in [5.74, 6) is 0.802. The van der Waals surface area contributed by atoms with Gasteiger partial charge in [-0.2, -0.15) is 0 Å². The Labute approximate surface area is 78.5 Å². The van der Waals surface area contributed by atoms with Crippen molar-refractivity contribution in [1.29, 1.82) is 0 Å². The average Bonchev–Trinajstić information content (AvgIpc) is 2.19. The van der Waals surface area contributed by atoms with Crippen molar-refractivity contribution in [2.45, 2.75) is 13.5 Å². The summed E-state index contributed by atoms with van der Waals surface area (Å²) in [7, 11) is 0. The number of hydrogen-bond donors (Lipinski definition) is 1. The molecule has 1 aromatic carbocycles. The SMILES string of the molecule is CCOCOc1cccc(CN)c1. The zero-order valence-electron chi connectivity index (χ0n) is 7.82. The van der Waals surface area contributed by atoms with E-state index in [-0.39, 0.29) is 0 Å². The quantitative estimate of drug-likeness (QED) is 0.553. The molecule has 0 unspecified atom stereocenters. The molecule has 0 amide bonds. The Morgan fingerprint density at radius 2 is 2.23 bits per heavy atom. The molecule has 1 rings (SSSR count). The van der Waals surface area contributed by atoms with Gasteiger partial charge in [0.25, 0.3) is 0 Å². The molecule has 0 radical (unpaired) electrons. The van der Waals surface area contributed by atoms with Crippen molar-refractivity contribution in [3.63, 3.8) is 0 Å². The number of ether oxygens (including phenoxy) is 2. The van der Waals surface area contributed by atoms with Gasteiger partial charge in [0.05, 0.1) is 0 Å². The lowest BCUT2D eigenvalue weighted by atomic mass is 10.2. The van der Waals surface area contributed by atoms with Gasteiger partial charge in [-0.15, -0.1) is 0 Å². The number of nitrogens with two attached hydrogens (primary N) is 1. The molecule has 0 saturated carbocycles. The topological polar surface area (TPSA) is 44.5 Å². The van der Waals surface area contributed by atoms with E-state index in [4.69, 9.17) is 15.2 Å². The molecule has 72 valence electrons. The van der Waals surface area contributed by atoms with E-state index in [1.807, 2.05) is 31.2 Å².